The number of aromatic nitrogens is 1. The number of hydrogen-bond acceptors (Lipinski definition) is 4. The van der Waals surface area contributed by atoms with Gasteiger partial charge in [-0.05, 0) is 78.1 Å². The predicted molar refractivity (Wildman–Crippen MR) is 150 cm³/mol. The molecule has 0 amide bonds. The molecular formula is C31H34ClN3O2. The van der Waals surface area contributed by atoms with E-state index in [-0.39, 0.29) is 0 Å². The van der Waals surface area contributed by atoms with Gasteiger partial charge in [0.15, 0.2) is 6.04 Å². The van der Waals surface area contributed by atoms with E-state index in [0.29, 0.717) is 17.8 Å². The molecule has 2 saturated carbocycles. The number of rotatable bonds is 6. The highest BCUT2D eigenvalue weighted by Crippen LogP contribution is 2.48. The van der Waals surface area contributed by atoms with Gasteiger partial charge in [-0.1, -0.05) is 62.4 Å². The quantitative estimate of drug-likeness (QED) is 0.325. The highest BCUT2D eigenvalue weighted by Gasteiger charge is 2.43. The molecule has 2 atom stereocenters. The normalized spacial score (nSPS) is 22.2. The molecule has 1 aliphatic heterocycles. The molecule has 3 aliphatic rings. The number of anilines is 3. The first-order valence-corrected chi connectivity index (χ1v) is 14.1. The summed E-state index contributed by atoms with van der Waals surface area (Å²) in [5.74, 6) is 0.315. The van der Waals surface area contributed by atoms with Crippen LogP contribution in [0.25, 0.3) is 11.1 Å². The van der Waals surface area contributed by atoms with Gasteiger partial charge in [-0.25, -0.2) is 9.78 Å². The van der Waals surface area contributed by atoms with Crippen LogP contribution >= 0.6 is 11.6 Å². The van der Waals surface area contributed by atoms with Crippen LogP contribution in [-0.2, 0) is 4.79 Å². The fourth-order valence-corrected chi connectivity index (χ4v) is 6.83. The molecule has 0 radical (unpaired) electrons. The van der Waals surface area contributed by atoms with Gasteiger partial charge in [-0.3, -0.25) is 0 Å². The molecular weight excluding hydrogens is 482 g/mol. The number of hydrogen-bond donors (Lipinski definition) is 2. The van der Waals surface area contributed by atoms with Crippen molar-refractivity contribution in [2.45, 2.75) is 81.2 Å². The number of carboxylic acids is 1. The zero-order valence-electron chi connectivity index (χ0n) is 21.1. The molecule has 0 bridgehead atoms. The second-order valence-electron chi connectivity index (χ2n) is 10.8. The summed E-state index contributed by atoms with van der Waals surface area (Å²) in [4.78, 5) is 18.8. The van der Waals surface area contributed by atoms with Crippen molar-refractivity contribution >= 4 is 34.8 Å². The predicted octanol–water partition coefficient (Wildman–Crippen LogP) is 8.04. The van der Waals surface area contributed by atoms with E-state index in [4.69, 9.17) is 11.6 Å². The molecule has 0 saturated heterocycles. The standard InChI is InChI=1S/C31H34ClN3O2/c32-29-26-18-23(22-12-10-21(11-13-22)20-6-2-1-3-7-20)14-16-27(26)35(30(29)31(36)37)28-17-15-25(19-33-28)34-24-8-4-5-9-24/h10-20,24,29-30,34H,1-9H2,(H,36,37). The summed E-state index contributed by atoms with van der Waals surface area (Å²) in [6.45, 7) is 0. The minimum absolute atomic E-state index is 0.495. The maximum atomic E-state index is 12.3. The van der Waals surface area contributed by atoms with Crippen molar-refractivity contribution in [2.24, 2.45) is 0 Å². The third-order valence-corrected chi connectivity index (χ3v) is 8.91. The molecule has 6 heteroatoms. The van der Waals surface area contributed by atoms with Gasteiger partial charge in [0.1, 0.15) is 5.82 Å². The van der Waals surface area contributed by atoms with Crippen LogP contribution in [0, 0.1) is 0 Å². The van der Waals surface area contributed by atoms with Gasteiger partial charge in [0.05, 0.1) is 17.3 Å². The van der Waals surface area contributed by atoms with Gasteiger partial charge in [0.2, 0.25) is 0 Å². The Morgan fingerprint density at radius 3 is 2.27 bits per heavy atom. The molecule has 2 N–H and O–H groups in total. The number of halogens is 1. The molecule has 3 aromatic rings. The van der Waals surface area contributed by atoms with E-state index >= 15 is 0 Å². The first-order valence-electron chi connectivity index (χ1n) is 13.7. The fraction of sp³-hybridized carbons (Fsp3) is 0.419. The van der Waals surface area contributed by atoms with Crippen LogP contribution in [0.5, 0.6) is 0 Å². The number of pyridine rings is 1. The number of nitrogens with zero attached hydrogens (tertiary/aromatic N) is 2. The molecule has 2 unspecified atom stereocenters. The lowest BCUT2D eigenvalue weighted by atomic mass is 9.83. The Hall–Kier alpha value is -3.05. The van der Waals surface area contributed by atoms with Crippen LogP contribution in [0.4, 0.5) is 17.2 Å². The minimum atomic E-state index is -0.954. The number of aliphatic carboxylic acids is 1. The monoisotopic (exact) mass is 515 g/mol. The number of carboxylic acid groups (broad SMARTS) is 1. The number of alkyl halides is 1. The van der Waals surface area contributed by atoms with E-state index in [0.717, 1.165) is 28.1 Å². The summed E-state index contributed by atoms with van der Waals surface area (Å²) in [6.07, 6.45) is 13.3. The molecule has 2 aliphatic carbocycles. The van der Waals surface area contributed by atoms with E-state index in [1.54, 1.807) is 11.1 Å². The van der Waals surface area contributed by atoms with Gasteiger partial charge in [0, 0.05) is 11.7 Å². The average Bonchev–Trinajstić information content (AvgIpc) is 3.55. The molecule has 37 heavy (non-hydrogen) atoms. The largest absolute Gasteiger partial charge is 0.480 e. The molecule has 1 aromatic heterocycles. The van der Waals surface area contributed by atoms with Gasteiger partial charge in [-0.2, -0.15) is 0 Å². The van der Waals surface area contributed by atoms with E-state index in [1.165, 1.54) is 63.4 Å². The van der Waals surface area contributed by atoms with E-state index < -0.39 is 17.4 Å². The summed E-state index contributed by atoms with van der Waals surface area (Å²) in [5.41, 5.74) is 6.20. The lowest BCUT2D eigenvalue weighted by Gasteiger charge is -2.25. The number of nitrogens with one attached hydrogen (secondary N) is 1. The maximum Gasteiger partial charge on any atom is 0.328 e. The van der Waals surface area contributed by atoms with Crippen molar-refractivity contribution in [1.29, 1.82) is 0 Å². The van der Waals surface area contributed by atoms with Gasteiger partial charge in [0.25, 0.3) is 0 Å². The van der Waals surface area contributed by atoms with Crippen LogP contribution in [0.15, 0.2) is 60.8 Å². The maximum absolute atomic E-state index is 12.3. The molecule has 2 aromatic carbocycles. The van der Waals surface area contributed by atoms with Gasteiger partial charge >= 0.3 is 5.97 Å². The van der Waals surface area contributed by atoms with Crippen molar-refractivity contribution in [3.8, 4) is 11.1 Å². The third kappa shape index (κ3) is 4.82. The van der Waals surface area contributed by atoms with Gasteiger partial charge < -0.3 is 15.3 Å². The first-order chi connectivity index (χ1) is 18.1. The fourth-order valence-electron chi connectivity index (χ4n) is 6.43. The Morgan fingerprint density at radius 1 is 0.892 bits per heavy atom. The lowest BCUT2D eigenvalue weighted by Crippen LogP contribution is -2.36. The number of carbonyl (C=O) groups is 1. The van der Waals surface area contributed by atoms with Crippen LogP contribution < -0.4 is 10.2 Å². The first kappa shape index (κ1) is 24.3. The molecule has 2 fully saturated rings. The van der Waals surface area contributed by atoms with E-state index in [9.17, 15) is 9.90 Å². The van der Waals surface area contributed by atoms with Crippen LogP contribution in [0.3, 0.4) is 0 Å². The zero-order valence-corrected chi connectivity index (χ0v) is 21.8. The average molecular weight is 516 g/mol. The summed E-state index contributed by atoms with van der Waals surface area (Å²) in [5, 5.41) is 13.0. The minimum Gasteiger partial charge on any atom is -0.480 e. The topological polar surface area (TPSA) is 65.5 Å². The smallest absolute Gasteiger partial charge is 0.328 e. The number of fused-ring (bicyclic) bond motifs is 1. The van der Waals surface area contributed by atoms with Crippen LogP contribution in [0.2, 0.25) is 0 Å². The Balaban J connectivity index is 1.27. The van der Waals surface area contributed by atoms with Gasteiger partial charge in [-0.15, -0.1) is 11.6 Å². The lowest BCUT2D eigenvalue weighted by molar-refractivity contribution is -0.138. The van der Waals surface area contributed by atoms with Crippen molar-refractivity contribution in [3.05, 3.63) is 71.9 Å². The summed E-state index contributed by atoms with van der Waals surface area (Å²) >= 11 is 6.82. The molecule has 2 heterocycles. The number of benzene rings is 2. The zero-order chi connectivity index (χ0) is 25.4. The second-order valence-corrected chi connectivity index (χ2v) is 11.3. The highest BCUT2D eigenvalue weighted by atomic mass is 35.5. The third-order valence-electron chi connectivity index (χ3n) is 8.43. The Labute approximate surface area is 223 Å². The summed E-state index contributed by atoms with van der Waals surface area (Å²) in [7, 11) is 0. The Bertz CT molecular complexity index is 1250. The Kier molecular flexibility index (Phi) is 6.81. The van der Waals surface area contributed by atoms with Crippen molar-refractivity contribution in [2.75, 3.05) is 10.2 Å². The second kappa shape index (κ2) is 10.4. The van der Waals surface area contributed by atoms with E-state index in [2.05, 4.69) is 46.7 Å². The molecule has 0 spiro atoms. The molecule has 192 valence electrons. The van der Waals surface area contributed by atoms with Crippen molar-refractivity contribution < 1.29 is 9.90 Å². The molecule has 5 nitrogen and oxygen atoms in total. The summed E-state index contributed by atoms with van der Waals surface area (Å²) < 4.78 is 0. The Morgan fingerprint density at radius 2 is 1.59 bits per heavy atom. The summed E-state index contributed by atoms with van der Waals surface area (Å²) in [6, 6.07) is 18.5. The van der Waals surface area contributed by atoms with Crippen LogP contribution in [-0.4, -0.2) is 28.1 Å². The van der Waals surface area contributed by atoms with Crippen molar-refractivity contribution in [1.82, 2.24) is 4.98 Å². The highest BCUT2D eigenvalue weighted by molar-refractivity contribution is 6.24. The van der Waals surface area contributed by atoms with Crippen LogP contribution in [0.1, 0.15) is 80.2 Å². The molecule has 6 rings (SSSR count). The van der Waals surface area contributed by atoms with Crippen molar-refractivity contribution in [3.63, 3.8) is 0 Å². The van der Waals surface area contributed by atoms with E-state index in [1.807, 2.05) is 18.2 Å². The SMILES string of the molecule is O=C(O)C1C(Cl)c2cc(-c3ccc(C4CCCCC4)cc3)ccc2N1c1ccc(NC2CCCC2)cn1.